The maximum absolute atomic E-state index is 12.8. The summed E-state index contributed by atoms with van der Waals surface area (Å²) in [7, 11) is 1.59. The van der Waals surface area contributed by atoms with Crippen LogP contribution in [0.25, 0.3) is 0 Å². The third-order valence-corrected chi connectivity index (χ3v) is 5.07. The van der Waals surface area contributed by atoms with Gasteiger partial charge < -0.3 is 9.64 Å². The molecular weight excluding hydrogens is 353 g/mol. The maximum Gasteiger partial charge on any atom is 0.434 e. The highest BCUT2D eigenvalue weighted by Gasteiger charge is 2.35. The smallest absolute Gasteiger partial charge is 0.377 e. The Balaban J connectivity index is 1.78. The fourth-order valence-corrected chi connectivity index (χ4v) is 3.91. The van der Waals surface area contributed by atoms with Gasteiger partial charge in [0, 0.05) is 43.3 Å². The van der Waals surface area contributed by atoms with Gasteiger partial charge in [-0.05, 0) is 19.8 Å². The second-order valence-electron chi connectivity index (χ2n) is 6.07. The highest BCUT2D eigenvalue weighted by molar-refractivity contribution is 7.09. The van der Waals surface area contributed by atoms with Crippen LogP contribution in [-0.4, -0.2) is 35.2 Å². The van der Waals surface area contributed by atoms with Gasteiger partial charge in [-0.25, -0.2) is 15.0 Å². The molecule has 0 aromatic carbocycles. The molecule has 1 fully saturated rings. The van der Waals surface area contributed by atoms with Gasteiger partial charge in [-0.3, -0.25) is 0 Å². The standard InChI is InChI=1S/C16H19F3N4OS/c1-10-6-14(22-13(20-10)8-24-2)23-5-3-4-11(7-23)15-21-12(9-25-15)16(17,18)19/h6,9,11H,3-5,7-8H2,1-2H3. The van der Waals surface area contributed by atoms with E-state index in [1.807, 2.05) is 13.0 Å². The fourth-order valence-electron chi connectivity index (χ4n) is 2.96. The van der Waals surface area contributed by atoms with Crippen LogP contribution in [0.3, 0.4) is 0 Å². The molecule has 0 bridgehead atoms. The molecule has 5 nitrogen and oxygen atoms in total. The third kappa shape index (κ3) is 4.27. The largest absolute Gasteiger partial charge is 0.434 e. The van der Waals surface area contributed by atoms with Crippen LogP contribution in [0.1, 0.15) is 41.0 Å². The summed E-state index contributed by atoms with van der Waals surface area (Å²) in [6.45, 7) is 3.64. The highest BCUT2D eigenvalue weighted by Crippen LogP contribution is 2.35. The molecule has 0 amide bonds. The maximum atomic E-state index is 12.8. The van der Waals surface area contributed by atoms with Crippen LogP contribution in [0.4, 0.5) is 19.0 Å². The number of piperidine rings is 1. The summed E-state index contributed by atoms with van der Waals surface area (Å²) >= 11 is 1.08. The Bertz CT molecular complexity index is 734. The lowest BCUT2D eigenvalue weighted by molar-refractivity contribution is -0.140. The average molecular weight is 372 g/mol. The molecule has 3 heterocycles. The molecule has 1 atom stereocenters. The van der Waals surface area contributed by atoms with Crippen molar-refractivity contribution >= 4 is 17.2 Å². The summed E-state index contributed by atoms with van der Waals surface area (Å²) in [5.41, 5.74) is 0.0395. The van der Waals surface area contributed by atoms with Gasteiger partial charge in [0.25, 0.3) is 0 Å². The number of ether oxygens (including phenoxy) is 1. The van der Waals surface area contributed by atoms with E-state index in [4.69, 9.17) is 4.74 Å². The van der Waals surface area contributed by atoms with Gasteiger partial charge in [-0.2, -0.15) is 13.2 Å². The summed E-state index contributed by atoms with van der Waals surface area (Å²) in [6.07, 6.45) is -2.67. The Kier molecular flexibility index (Phi) is 5.24. The van der Waals surface area contributed by atoms with Gasteiger partial charge in [-0.1, -0.05) is 0 Å². The lowest BCUT2D eigenvalue weighted by Gasteiger charge is -2.33. The first-order chi connectivity index (χ1) is 11.9. The number of anilines is 1. The van der Waals surface area contributed by atoms with E-state index in [1.54, 1.807) is 7.11 Å². The van der Waals surface area contributed by atoms with Crippen molar-refractivity contribution in [2.45, 2.75) is 38.5 Å². The van der Waals surface area contributed by atoms with Crippen molar-refractivity contribution in [2.24, 2.45) is 0 Å². The Hall–Kier alpha value is -1.74. The molecule has 2 aromatic heterocycles. The van der Waals surface area contributed by atoms with E-state index >= 15 is 0 Å². The number of halogens is 3. The molecule has 1 aliphatic rings. The minimum atomic E-state index is -4.39. The van der Waals surface area contributed by atoms with E-state index < -0.39 is 11.9 Å². The summed E-state index contributed by atoms with van der Waals surface area (Å²) in [5, 5.41) is 1.64. The Morgan fingerprint density at radius 1 is 1.32 bits per heavy atom. The van der Waals surface area contributed by atoms with Crippen molar-refractivity contribution in [2.75, 3.05) is 25.1 Å². The first-order valence-corrected chi connectivity index (χ1v) is 8.86. The zero-order chi connectivity index (χ0) is 18.0. The number of alkyl halides is 3. The molecule has 0 radical (unpaired) electrons. The second kappa shape index (κ2) is 7.25. The van der Waals surface area contributed by atoms with E-state index in [1.165, 1.54) is 0 Å². The predicted molar refractivity (Wildman–Crippen MR) is 88.8 cm³/mol. The van der Waals surface area contributed by atoms with E-state index in [9.17, 15) is 13.2 Å². The van der Waals surface area contributed by atoms with Crippen molar-refractivity contribution in [3.8, 4) is 0 Å². The van der Waals surface area contributed by atoms with Gasteiger partial charge in [0.1, 0.15) is 12.4 Å². The highest BCUT2D eigenvalue weighted by atomic mass is 32.1. The van der Waals surface area contributed by atoms with Crippen molar-refractivity contribution in [1.29, 1.82) is 0 Å². The van der Waals surface area contributed by atoms with Crippen molar-refractivity contribution < 1.29 is 17.9 Å². The van der Waals surface area contributed by atoms with Gasteiger partial charge in [0.15, 0.2) is 11.5 Å². The Labute approximate surface area is 147 Å². The van der Waals surface area contributed by atoms with Crippen LogP contribution in [0.5, 0.6) is 0 Å². The molecule has 25 heavy (non-hydrogen) atoms. The number of nitrogens with zero attached hydrogens (tertiary/aromatic N) is 4. The Morgan fingerprint density at radius 2 is 2.12 bits per heavy atom. The van der Waals surface area contributed by atoms with E-state index in [-0.39, 0.29) is 5.92 Å². The minimum Gasteiger partial charge on any atom is -0.377 e. The second-order valence-corrected chi connectivity index (χ2v) is 6.96. The fraction of sp³-hybridized carbons (Fsp3) is 0.562. The number of hydrogen-bond donors (Lipinski definition) is 0. The normalized spacial score (nSPS) is 18.6. The third-order valence-electron chi connectivity index (χ3n) is 4.07. The lowest BCUT2D eigenvalue weighted by Crippen LogP contribution is -2.35. The zero-order valence-corrected chi connectivity index (χ0v) is 14.8. The van der Waals surface area contributed by atoms with Gasteiger partial charge in [0.2, 0.25) is 0 Å². The minimum absolute atomic E-state index is 0.0176. The average Bonchev–Trinajstić information content (AvgIpc) is 3.05. The van der Waals surface area contributed by atoms with Gasteiger partial charge >= 0.3 is 6.18 Å². The summed E-state index contributed by atoms with van der Waals surface area (Å²) in [4.78, 5) is 14.7. The zero-order valence-electron chi connectivity index (χ0n) is 14.0. The molecular formula is C16H19F3N4OS. The summed E-state index contributed by atoms with van der Waals surface area (Å²) in [6, 6.07) is 1.89. The molecule has 1 aliphatic heterocycles. The predicted octanol–water partition coefficient (Wildman–Crippen LogP) is 3.79. The number of aromatic nitrogens is 3. The van der Waals surface area contributed by atoms with Crippen molar-refractivity contribution in [3.05, 3.63) is 33.7 Å². The molecule has 0 aliphatic carbocycles. The number of aryl methyl sites for hydroxylation is 1. The van der Waals surface area contributed by atoms with E-state index in [0.29, 0.717) is 24.0 Å². The molecule has 1 unspecified atom stereocenters. The monoisotopic (exact) mass is 372 g/mol. The van der Waals surface area contributed by atoms with Crippen LogP contribution < -0.4 is 4.90 Å². The summed E-state index contributed by atoms with van der Waals surface area (Å²) in [5.74, 6) is 1.38. The quantitative estimate of drug-likeness (QED) is 0.817. The van der Waals surface area contributed by atoms with Crippen LogP contribution in [0.2, 0.25) is 0 Å². The molecule has 0 N–H and O–H groups in total. The van der Waals surface area contributed by atoms with Crippen molar-refractivity contribution in [1.82, 2.24) is 15.0 Å². The molecule has 2 aromatic rings. The van der Waals surface area contributed by atoms with Gasteiger partial charge in [-0.15, -0.1) is 11.3 Å². The van der Waals surface area contributed by atoms with Crippen molar-refractivity contribution in [3.63, 3.8) is 0 Å². The van der Waals surface area contributed by atoms with E-state index in [0.717, 1.165) is 47.6 Å². The Morgan fingerprint density at radius 3 is 2.80 bits per heavy atom. The number of thiazole rings is 1. The van der Waals surface area contributed by atoms with Gasteiger partial charge in [0.05, 0.1) is 5.01 Å². The molecule has 136 valence electrons. The van der Waals surface area contributed by atoms with Crippen LogP contribution >= 0.6 is 11.3 Å². The van der Waals surface area contributed by atoms with Crippen LogP contribution in [0, 0.1) is 6.92 Å². The van der Waals surface area contributed by atoms with E-state index in [2.05, 4.69) is 19.9 Å². The summed E-state index contributed by atoms with van der Waals surface area (Å²) < 4.78 is 43.4. The van der Waals surface area contributed by atoms with Crippen LogP contribution in [-0.2, 0) is 17.5 Å². The number of methoxy groups -OCH3 is 1. The topological polar surface area (TPSA) is 51.1 Å². The number of hydrogen-bond acceptors (Lipinski definition) is 6. The molecule has 0 saturated carbocycles. The first-order valence-electron chi connectivity index (χ1n) is 7.98. The first kappa shape index (κ1) is 18.1. The molecule has 0 spiro atoms. The lowest BCUT2D eigenvalue weighted by atomic mass is 9.98. The molecule has 9 heteroatoms. The molecule has 1 saturated heterocycles. The molecule has 3 rings (SSSR count). The van der Waals surface area contributed by atoms with Crippen LogP contribution in [0.15, 0.2) is 11.4 Å². The SMILES string of the molecule is COCc1nc(C)cc(N2CCCC(c3nc(C(F)(F)F)cs3)C2)n1. The number of rotatable bonds is 4.